The Bertz CT molecular complexity index is 941. The van der Waals surface area contributed by atoms with Crippen molar-refractivity contribution in [2.75, 3.05) is 19.0 Å². The first-order chi connectivity index (χ1) is 14.7. The maximum absolute atomic E-state index is 12.8. The number of aryl methyl sites for hydroxylation is 1. The quantitative estimate of drug-likeness (QED) is 0.301. The van der Waals surface area contributed by atoms with Crippen LogP contribution in [-0.4, -0.2) is 35.6 Å². The number of nitrogens with one attached hydrogen (secondary N) is 2. The Hall–Kier alpha value is -1.67. The van der Waals surface area contributed by atoms with Crippen molar-refractivity contribution in [2.45, 2.75) is 42.6 Å². The number of alkyl halides is 3. The summed E-state index contributed by atoms with van der Waals surface area (Å²) >= 11 is 19.9. The van der Waals surface area contributed by atoms with Gasteiger partial charge in [0.05, 0.1) is 19.3 Å². The van der Waals surface area contributed by atoms with Gasteiger partial charge in [0.15, 0.2) is 0 Å². The summed E-state index contributed by atoms with van der Waals surface area (Å²) in [5.41, 5.74) is 1.80. The molecule has 0 spiro atoms. The van der Waals surface area contributed by atoms with E-state index in [9.17, 15) is 9.59 Å². The number of esters is 1. The minimum atomic E-state index is -1.88. The summed E-state index contributed by atoms with van der Waals surface area (Å²) in [5, 5.41) is 6.30. The van der Waals surface area contributed by atoms with Gasteiger partial charge in [0.2, 0.25) is 3.79 Å². The normalized spacial score (nSPS) is 14.4. The highest BCUT2D eigenvalue weighted by molar-refractivity contribution is 7.16. The molecule has 0 saturated carbocycles. The van der Waals surface area contributed by atoms with Gasteiger partial charge in [-0.3, -0.25) is 4.79 Å². The maximum Gasteiger partial charge on any atom is 0.341 e. The number of fused-ring (bicyclic) bond motifs is 1. The minimum absolute atomic E-state index is 0.255. The number of anilines is 1. The zero-order chi connectivity index (χ0) is 22.6. The second kappa shape index (κ2) is 10.3. The molecular weight excluding hydrogens is 483 g/mol. The van der Waals surface area contributed by atoms with Crippen molar-refractivity contribution in [2.24, 2.45) is 0 Å². The van der Waals surface area contributed by atoms with Gasteiger partial charge in [-0.05, 0) is 62.4 Å². The van der Waals surface area contributed by atoms with E-state index in [1.807, 2.05) is 0 Å². The van der Waals surface area contributed by atoms with Gasteiger partial charge in [-0.1, -0.05) is 34.8 Å². The second-order valence-electron chi connectivity index (χ2n) is 6.96. The van der Waals surface area contributed by atoms with Crippen LogP contribution in [0.3, 0.4) is 0 Å². The average Bonchev–Trinajstić information content (AvgIpc) is 3.11. The summed E-state index contributed by atoms with van der Waals surface area (Å²) in [6, 6.07) is 6.55. The molecule has 10 heteroatoms. The number of hydrogen-bond donors (Lipinski definition) is 2. The highest BCUT2D eigenvalue weighted by Crippen LogP contribution is 2.41. The standard InChI is InChI=1S/C21H23Cl3N2O4S/c1-3-30-19(28)16-14-6-4-5-7-15(14)31-18(16)26-20(21(22,23)24)25-17(27)12-8-10-13(29-2)11-9-12/h8-11,20,26H,3-7H2,1-2H3,(H,25,27). The molecule has 1 amide bonds. The number of rotatable bonds is 7. The minimum Gasteiger partial charge on any atom is -0.497 e. The van der Waals surface area contributed by atoms with Crippen molar-refractivity contribution in [3.63, 3.8) is 0 Å². The van der Waals surface area contributed by atoms with Crippen LogP contribution >= 0.6 is 46.1 Å². The number of thiophene rings is 1. The van der Waals surface area contributed by atoms with Gasteiger partial charge in [0.1, 0.15) is 16.9 Å². The smallest absolute Gasteiger partial charge is 0.341 e. The van der Waals surface area contributed by atoms with E-state index in [4.69, 9.17) is 44.3 Å². The van der Waals surface area contributed by atoms with Crippen LogP contribution < -0.4 is 15.4 Å². The van der Waals surface area contributed by atoms with Gasteiger partial charge in [0, 0.05) is 10.4 Å². The molecule has 1 aromatic heterocycles. The molecule has 0 saturated heterocycles. The van der Waals surface area contributed by atoms with Crippen molar-refractivity contribution >= 4 is 63.0 Å². The fourth-order valence-corrected chi connectivity index (χ4v) is 5.01. The third-order valence-electron chi connectivity index (χ3n) is 4.88. The molecule has 2 aromatic rings. The number of halogens is 3. The van der Waals surface area contributed by atoms with Gasteiger partial charge in [-0.25, -0.2) is 4.79 Å². The van der Waals surface area contributed by atoms with Crippen LogP contribution in [0.5, 0.6) is 5.75 Å². The Morgan fingerprint density at radius 3 is 2.45 bits per heavy atom. The topological polar surface area (TPSA) is 76.7 Å². The molecule has 1 aliphatic rings. The highest BCUT2D eigenvalue weighted by atomic mass is 35.6. The molecule has 0 fully saturated rings. The van der Waals surface area contributed by atoms with Crippen molar-refractivity contribution < 1.29 is 19.1 Å². The monoisotopic (exact) mass is 504 g/mol. The van der Waals surface area contributed by atoms with Gasteiger partial charge >= 0.3 is 5.97 Å². The van der Waals surface area contributed by atoms with Crippen LogP contribution in [0.2, 0.25) is 0 Å². The Kier molecular flexibility index (Phi) is 7.97. The van der Waals surface area contributed by atoms with Gasteiger partial charge in [-0.15, -0.1) is 11.3 Å². The molecule has 0 radical (unpaired) electrons. The summed E-state index contributed by atoms with van der Waals surface area (Å²) in [6.07, 6.45) is 2.64. The Balaban J connectivity index is 1.88. The summed E-state index contributed by atoms with van der Waals surface area (Å²) in [6.45, 7) is 2.01. The number of methoxy groups -OCH3 is 1. The maximum atomic E-state index is 12.8. The molecule has 1 heterocycles. The molecular formula is C21H23Cl3N2O4S. The summed E-state index contributed by atoms with van der Waals surface area (Å²) in [7, 11) is 1.54. The van der Waals surface area contributed by atoms with E-state index in [-0.39, 0.29) is 6.61 Å². The molecule has 168 valence electrons. The van der Waals surface area contributed by atoms with Crippen LogP contribution in [0.15, 0.2) is 24.3 Å². The van der Waals surface area contributed by atoms with E-state index < -0.39 is 21.8 Å². The number of amides is 1. The molecule has 0 bridgehead atoms. The van der Waals surface area contributed by atoms with E-state index in [2.05, 4.69) is 10.6 Å². The average molecular weight is 506 g/mol. The lowest BCUT2D eigenvalue weighted by molar-refractivity contribution is 0.0526. The molecule has 3 rings (SSSR count). The lowest BCUT2D eigenvalue weighted by Crippen LogP contribution is -2.49. The third kappa shape index (κ3) is 5.77. The van der Waals surface area contributed by atoms with Crippen molar-refractivity contribution in [1.82, 2.24) is 5.32 Å². The van der Waals surface area contributed by atoms with Gasteiger partial charge in [0.25, 0.3) is 5.91 Å². The second-order valence-corrected chi connectivity index (χ2v) is 10.4. The Morgan fingerprint density at radius 2 is 1.84 bits per heavy atom. The number of carbonyl (C=O) groups excluding carboxylic acids is 2. The van der Waals surface area contributed by atoms with E-state index in [1.165, 1.54) is 11.3 Å². The molecule has 1 atom stereocenters. The van der Waals surface area contributed by atoms with E-state index in [1.54, 1.807) is 38.3 Å². The summed E-state index contributed by atoms with van der Waals surface area (Å²) in [5.74, 6) is -0.240. The van der Waals surface area contributed by atoms with Crippen molar-refractivity contribution in [3.8, 4) is 5.75 Å². The first-order valence-electron chi connectivity index (χ1n) is 9.84. The Morgan fingerprint density at radius 1 is 1.16 bits per heavy atom. The Labute approximate surface area is 200 Å². The molecule has 1 aromatic carbocycles. The summed E-state index contributed by atoms with van der Waals surface area (Å²) in [4.78, 5) is 26.5. The lowest BCUT2D eigenvalue weighted by Gasteiger charge is -2.27. The van der Waals surface area contributed by atoms with Gasteiger partial charge in [-0.2, -0.15) is 0 Å². The predicted octanol–water partition coefficient (Wildman–Crippen LogP) is 5.35. The first-order valence-corrected chi connectivity index (χ1v) is 11.8. The zero-order valence-corrected chi connectivity index (χ0v) is 20.2. The number of benzene rings is 1. The lowest BCUT2D eigenvalue weighted by atomic mass is 9.95. The molecule has 1 unspecified atom stereocenters. The molecule has 31 heavy (non-hydrogen) atoms. The zero-order valence-electron chi connectivity index (χ0n) is 17.1. The molecule has 6 nitrogen and oxygen atoms in total. The van der Waals surface area contributed by atoms with E-state index >= 15 is 0 Å². The van der Waals surface area contributed by atoms with Gasteiger partial charge < -0.3 is 20.1 Å². The fourth-order valence-electron chi connectivity index (χ4n) is 3.37. The van der Waals surface area contributed by atoms with Crippen molar-refractivity contribution in [1.29, 1.82) is 0 Å². The first kappa shape index (κ1) is 24.0. The molecule has 0 aliphatic heterocycles. The predicted molar refractivity (Wildman–Crippen MR) is 125 cm³/mol. The van der Waals surface area contributed by atoms with Crippen LogP contribution in [0.25, 0.3) is 0 Å². The van der Waals surface area contributed by atoms with Crippen LogP contribution in [0.4, 0.5) is 5.00 Å². The van der Waals surface area contributed by atoms with Crippen LogP contribution in [0, 0.1) is 0 Å². The van der Waals surface area contributed by atoms with Crippen molar-refractivity contribution in [3.05, 3.63) is 45.8 Å². The number of carbonyl (C=O) groups is 2. The molecule has 2 N–H and O–H groups in total. The number of ether oxygens (including phenoxy) is 2. The summed E-state index contributed by atoms with van der Waals surface area (Å²) < 4.78 is 8.49. The number of hydrogen-bond acceptors (Lipinski definition) is 6. The van der Waals surface area contributed by atoms with E-state index in [0.29, 0.717) is 21.9 Å². The fraction of sp³-hybridized carbons (Fsp3) is 0.429. The van der Waals surface area contributed by atoms with Crippen LogP contribution in [-0.2, 0) is 17.6 Å². The molecule has 1 aliphatic carbocycles. The third-order valence-corrected chi connectivity index (χ3v) is 6.76. The largest absolute Gasteiger partial charge is 0.497 e. The van der Waals surface area contributed by atoms with E-state index in [0.717, 1.165) is 36.1 Å². The highest BCUT2D eigenvalue weighted by Gasteiger charge is 2.37. The van der Waals surface area contributed by atoms with Crippen LogP contribution in [0.1, 0.15) is 50.9 Å². The SMILES string of the molecule is CCOC(=O)c1c(NC(NC(=O)c2ccc(OC)cc2)C(Cl)(Cl)Cl)sc2c1CCCC2.